The molecule has 0 saturated carbocycles. The van der Waals surface area contributed by atoms with Gasteiger partial charge in [0.15, 0.2) is 6.20 Å². The van der Waals surface area contributed by atoms with E-state index in [9.17, 15) is 2.74 Å². The van der Waals surface area contributed by atoms with Crippen molar-refractivity contribution in [3.05, 3.63) is 71.9 Å². The molecule has 0 aliphatic rings. The van der Waals surface area contributed by atoms with Crippen LogP contribution in [-0.2, 0) is 13.4 Å². The number of hydrogen-bond donors (Lipinski definition) is 0. The molecule has 0 saturated heterocycles. The highest BCUT2D eigenvalue weighted by Crippen LogP contribution is 2.39. The van der Waals surface area contributed by atoms with Crippen LogP contribution in [0.3, 0.4) is 0 Å². The topological polar surface area (TPSA) is 17.0 Å². The van der Waals surface area contributed by atoms with Crippen LogP contribution in [0.25, 0.3) is 44.0 Å². The second-order valence-electron chi connectivity index (χ2n) is 11.6. The lowest BCUT2D eigenvalue weighted by atomic mass is 9.87. The van der Waals surface area contributed by atoms with Gasteiger partial charge in [0.05, 0.1) is 13.6 Å². The number of nitrogens with zero attached hydrogens (tertiary/aromatic N) is 1. The van der Waals surface area contributed by atoms with Crippen molar-refractivity contribution in [2.75, 3.05) is 0 Å². The molecule has 0 radical (unpaired) electrons. The van der Waals surface area contributed by atoms with E-state index in [2.05, 4.69) is 99.0 Å². The van der Waals surface area contributed by atoms with Crippen molar-refractivity contribution in [1.82, 2.24) is 0 Å². The van der Waals surface area contributed by atoms with Crippen molar-refractivity contribution in [2.45, 2.75) is 53.7 Å². The first-order valence-corrected chi connectivity index (χ1v) is 15.6. The summed E-state index contributed by atoms with van der Waals surface area (Å²) in [5, 5.41) is 5.63. The van der Waals surface area contributed by atoms with E-state index in [1.807, 2.05) is 20.8 Å². The molecule has 5 rings (SSSR count). The van der Waals surface area contributed by atoms with Gasteiger partial charge >= 0.3 is 0 Å². The third-order valence-electron chi connectivity index (χ3n) is 6.59. The summed E-state index contributed by atoms with van der Waals surface area (Å²) >= 11 is 0. The quantitative estimate of drug-likeness (QED) is 0.196. The minimum Gasteiger partial charge on any atom is -0.454 e. The monoisotopic (exact) mass is 468 g/mol. The van der Waals surface area contributed by atoms with Gasteiger partial charge < -0.3 is 4.42 Å². The zero-order valence-electron chi connectivity index (χ0n) is 23.6. The van der Waals surface area contributed by atoms with Crippen LogP contribution >= 0.6 is 0 Å². The predicted molar refractivity (Wildman–Crippen MR) is 149 cm³/mol. The summed E-state index contributed by atoms with van der Waals surface area (Å²) in [4.78, 5) is 0. The van der Waals surface area contributed by atoms with Crippen LogP contribution in [-0.4, -0.2) is 8.07 Å². The zero-order valence-corrected chi connectivity index (χ0v) is 22.6. The van der Waals surface area contributed by atoms with E-state index in [1.54, 1.807) is 0 Å². The number of fused-ring (bicyclic) bond motifs is 5. The molecule has 3 heteroatoms. The Morgan fingerprint density at radius 3 is 2.29 bits per heavy atom. The molecule has 2 heterocycles. The normalized spacial score (nSPS) is 14.1. The van der Waals surface area contributed by atoms with E-state index < -0.39 is 19.9 Å². The highest BCUT2D eigenvalue weighted by atomic mass is 28.3. The minimum absolute atomic E-state index is 0.544. The number of aromatic nitrogens is 1. The van der Waals surface area contributed by atoms with Crippen LogP contribution in [0, 0.1) is 12.3 Å². The molecule has 0 N–H and O–H groups in total. The van der Waals surface area contributed by atoms with Crippen molar-refractivity contribution >= 4 is 46.0 Å². The maximum absolute atomic E-state index is 9.22. The van der Waals surface area contributed by atoms with Gasteiger partial charge in [0, 0.05) is 30.2 Å². The molecule has 2 nitrogen and oxygen atoms in total. The first kappa shape index (κ1) is 20.5. The fraction of sp³-hybridized carbons (Fsp3) is 0.323. The fourth-order valence-electron chi connectivity index (χ4n) is 4.99. The summed E-state index contributed by atoms with van der Waals surface area (Å²) in [7, 11) is 0.245. The zero-order chi connectivity index (χ0) is 26.2. The van der Waals surface area contributed by atoms with Crippen molar-refractivity contribution in [3.63, 3.8) is 0 Å². The highest BCUT2D eigenvalue weighted by Gasteiger charge is 2.29. The summed E-state index contributed by atoms with van der Waals surface area (Å²) in [5.74, 6) is 0. The van der Waals surface area contributed by atoms with Crippen molar-refractivity contribution < 1.29 is 11.7 Å². The van der Waals surface area contributed by atoms with Crippen LogP contribution in [0.5, 0.6) is 0 Å². The number of hydrogen-bond acceptors (Lipinski definition) is 1. The Hall–Kier alpha value is -2.91. The highest BCUT2D eigenvalue weighted by molar-refractivity contribution is 6.89. The first-order valence-electron chi connectivity index (χ1n) is 13.1. The molecule has 0 aliphatic heterocycles. The number of aryl methyl sites for hydroxylation is 2. The van der Waals surface area contributed by atoms with Crippen molar-refractivity contribution in [2.24, 2.45) is 12.5 Å². The Morgan fingerprint density at radius 1 is 0.912 bits per heavy atom. The van der Waals surface area contributed by atoms with Gasteiger partial charge in [0.25, 0.3) is 0 Å². The van der Waals surface area contributed by atoms with Crippen LogP contribution in [0.2, 0.25) is 19.6 Å². The molecule has 2 aromatic heterocycles. The largest absolute Gasteiger partial charge is 0.454 e. The summed E-state index contributed by atoms with van der Waals surface area (Å²) in [5.41, 5.74) is 5.15. The van der Waals surface area contributed by atoms with Gasteiger partial charge in [0.2, 0.25) is 5.69 Å². The molecule has 0 atom stereocenters. The summed E-state index contributed by atoms with van der Waals surface area (Å²) < 4.78 is 27.3. The van der Waals surface area contributed by atoms with E-state index in [0.29, 0.717) is 0 Å². The lowest BCUT2D eigenvalue weighted by molar-refractivity contribution is -0.659. The van der Waals surface area contributed by atoms with E-state index in [0.717, 1.165) is 60.3 Å². The maximum atomic E-state index is 9.22. The second kappa shape index (κ2) is 7.81. The lowest BCUT2D eigenvalue weighted by Gasteiger charge is -2.25. The van der Waals surface area contributed by atoms with E-state index >= 15 is 0 Å². The van der Waals surface area contributed by atoms with E-state index in [-0.39, 0.29) is 0 Å². The van der Waals surface area contributed by atoms with Gasteiger partial charge in [-0.1, -0.05) is 82.9 Å². The molecule has 0 fully saturated rings. The average Bonchev–Trinajstić information content (AvgIpc) is 3.17. The van der Waals surface area contributed by atoms with Crippen LogP contribution in [0.1, 0.15) is 34.6 Å². The van der Waals surface area contributed by atoms with Gasteiger partial charge in [-0.15, -0.1) is 0 Å². The standard InChI is InChI=1S/C31H36NOSi/c1-20-13-15-25-24-16-14-21-11-9-10-12-23(21)29(24)33-30(25)28(20)26-17-22(18-31(2,3)4)27(19-32(26)5)34(6,7)8/h9-17,19H,18H2,1-8H3/q+1/i18D2. The smallest absolute Gasteiger partial charge is 0.216 e. The molecule has 0 unspecified atom stereocenters. The van der Waals surface area contributed by atoms with Gasteiger partial charge in [-0.2, -0.15) is 0 Å². The fourth-order valence-corrected chi connectivity index (χ4v) is 6.51. The number of benzene rings is 3. The summed E-state index contributed by atoms with van der Waals surface area (Å²) in [6.45, 7) is 15.0. The van der Waals surface area contributed by atoms with E-state index in [1.165, 1.54) is 0 Å². The Morgan fingerprint density at radius 2 is 1.59 bits per heavy atom. The van der Waals surface area contributed by atoms with Gasteiger partial charge in [-0.25, -0.2) is 4.57 Å². The summed E-state index contributed by atoms with van der Waals surface area (Å²) in [6.07, 6.45) is 0.689. The SMILES string of the molecule is [2H]C([2H])(c1cc(-c2c(C)ccc3c2oc2c4ccccc4ccc32)[n+](C)cc1[Si](C)(C)C)C(C)(C)C. The van der Waals surface area contributed by atoms with Crippen LogP contribution in [0.15, 0.2) is 65.2 Å². The van der Waals surface area contributed by atoms with Crippen molar-refractivity contribution in [1.29, 1.82) is 0 Å². The van der Waals surface area contributed by atoms with Crippen LogP contribution in [0.4, 0.5) is 0 Å². The van der Waals surface area contributed by atoms with E-state index in [4.69, 9.17) is 4.42 Å². The molecule has 5 aromatic rings. The average molecular weight is 469 g/mol. The number of furan rings is 1. The molecule has 0 aliphatic carbocycles. The van der Waals surface area contributed by atoms with Gasteiger partial charge in [-0.3, -0.25) is 0 Å². The Kier molecular flexibility index (Phi) is 4.70. The summed E-state index contributed by atoms with van der Waals surface area (Å²) in [6, 6.07) is 19.1. The molecular formula is C31H36NOSi+. The third-order valence-corrected chi connectivity index (χ3v) is 8.60. The Labute approximate surface area is 207 Å². The van der Waals surface area contributed by atoms with Gasteiger partial charge in [-0.05, 0) is 41.3 Å². The molecule has 0 bridgehead atoms. The maximum Gasteiger partial charge on any atom is 0.216 e. The van der Waals surface area contributed by atoms with Gasteiger partial charge in [0.1, 0.15) is 18.2 Å². The Balaban J connectivity index is 1.89. The third kappa shape index (κ3) is 3.86. The molecule has 174 valence electrons. The number of rotatable bonds is 3. The minimum atomic E-state index is -1.83. The Bertz CT molecular complexity index is 1650. The second-order valence-corrected chi connectivity index (χ2v) is 16.7. The van der Waals surface area contributed by atoms with Crippen molar-refractivity contribution in [3.8, 4) is 11.3 Å². The first-order chi connectivity index (χ1) is 16.7. The molecule has 0 spiro atoms. The van der Waals surface area contributed by atoms with Crippen LogP contribution < -0.4 is 9.75 Å². The predicted octanol–water partition coefficient (Wildman–Crippen LogP) is 7.67. The molecule has 34 heavy (non-hydrogen) atoms. The lowest BCUT2D eigenvalue weighted by Crippen LogP contribution is -2.47. The number of pyridine rings is 1. The molecular weight excluding hydrogens is 430 g/mol. The molecule has 3 aromatic carbocycles. The molecule has 0 amide bonds.